The summed E-state index contributed by atoms with van der Waals surface area (Å²) in [5, 5.41) is 2.11. The fourth-order valence-corrected chi connectivity index (χ4v) is 4.31. The second-order valence-electron chi connectivity index (χ2n) is 8.15. The number of rotatable bonds is 6. The summed E-state index contributed by atoms with van der Waals surface area (Å²) in [7, 11) is 0. The van der Waals surface area contributed by atoms with Crippen molar-refractivity contribution >= 4 is 46.8 Å². The number of halogens is 2. The minimum Gasteiger partial charge on any atom is -0.475 e. The van der Waals surface area contributed by atoms with E-state index < -0.39 is 0 Å². The standard InChI is InChI=1S/C24H30N2O5.2ClH/c1-17(25-7-11-27-12-8-25)29-19-4-6-23-22(15-19)21-5-3-20(16-24(21)31-23)30-18(2)26-9-13-28-14-10-26;;/h3-6,15-18H,7-14H2,1-2H3;2*1H. The molecule has 0 saturated carbocycles. The molecule has 2 aliphatic rings. The average molecular weight is 499 g/mol. The molecule has 0 amide bonds. The lowest BCUT2D eigenvalue weighted by Gasteiger charge is -2.32. The molecule has 2 fully saturated rings. The molecule has 182 valence electrons. The third kappa shape index (κ3) is 5.85. The van der Waals surface area contributed by atoms with Crippen LogP contribution in [0.25, 0.3) is 21.9 Å². The molecular weight excluding hydrogens is 467 g/mol. The van der Waals surface area contributed by atoms with Crippen molar-refractivity contribution in [2.75, 3.05) is 52.6 Å². The second kappa shape index (κ2) is 11.6. The number of hydrogen-bond donors (Lipinski definition) is 0. The number of nitrogens with zero attached hydrogens (tertiary/aromatic N) is 2. The van der Waals surface area contributed by atoms with Gasteiger partial charge in [0.05, 0.1) is 26.4 Å². The van der Waals surface area contributed by atoms with Crippen molar-refractivity contribution in [1.82, 2.24) is 9.80 Å². The number of fused-ring (bicyclic) bond motifs is 3. The SMILES string of the molecule is CC(Oc1ccc2c(c1)oc1ccc(OC(C)N3CCOCC3)cc12)N1CCOCC1.Cl.Cl. The van der Waals surface area contributed by atoms with Gasteiger partial charge in [0.2, 0.25) is 0 Å². The van der Waals surface area contributed by atoms with Crippen LogP contribution in [0.4, 0.5) is 0 Å². The predicted octanol–water partition coefficient (Wildman–Crippen LogP) is 4.54. The smallest absolute Gasteiger partial charge is 0.149 e. The molecule has 7 nitrogen and oxygen atoms in total. The third-order valence-electron chi connectivity index (χ3n) is 6.15. The highest BCUT2D eigenvalue weighted by atomic mass is 35.5. The Bertz CT molecular complexity index is 1030. The highest BCUT2D eigenvalue weighted by molar-refractivity contribution is 6.05. The zero-order chi connectivity index (χ0) is 21.2. The van der Waals surface area contributed by atoms with Crippen LogP contribution < -0.4 is 9.47 Å². The molecule has 0 radical (unpaired) electrons. The van der Waals surface area contributed by atoms with Crippen molar-refractivity contribution in [3.63, 3.8) is 0 Å². The number of ether oxygens (including phenoxy) is 4. The molecule has 1 aromatic heterocycles. The first kappa shape index (κ1) is 25.9. The van der Waals surface area contributed by atoms with Crippen molar-refractivity contribution in [2.24, 2.45) is 0 Å². The van der Waals surface area contributed by atoms with Crippen LogP contribution in [0.15, 0.2) is 40.8 Å². The Morgan fingerprint density at radius 1 is 0.667 bits per heavy atom. The zero-order valence-electron chi connectivity index (χ0n) is 19.0. The van der Waals surface area contributed by atoms with E-state index in [-0.39, 0.29) is 37.3 Å². The lowest BCUT2D eigenvalue weighted by Crippen LogP contribution is -2.44. The first-order valence-corrected chi connectivity index (χ1v) is 11.1. The summed E-state index contributed by atoms with van der Waals surface area (Å²) < 4.78 is 29.3. The summed E-state index contributed by atoms with van der Waals surface area (Å²) in [5.41, 5.74) is 1.67. The Morgan fingerprint density at radius 3 is 1.76 bits per heavy atom. The molecule has 2 unspecified atom stereocenters. The summed E-state index contributed by atoms with van der Waals surface area (Å²) in [6, 6.07) is 12.1. The van der Waals surface area contributed by atoms with Gasteiger partial charge in [-0.3, -0.25) is 9.80 Å². The van der Waals surface area contributed by atoms with Crippen molar-refractivity contribution in [3.8, 4) is 11.5 Å². The average Bonchev–Trinajstić information content (AvgIpc) is 3.17. The minimum absolute atomic E-state index is 0. The zero-order valence-corrected chi connectivity index (χ0v) is 20.7. The molecule has 2 aliphatic heterocycles. The first-order chi connectivity index (χ1) is 15.2. The van der Waals surface area contributed by atoms with E-state index in [2.05, 4.69) is 35.8 Å². The quantitative estimate of drug-likeness (QED) is 0.494. The van der Waals surface area contributed by atoms with E-state index in [0.717, 1.165) is 86.0 Å². The molecule has 9 heteroatoms. The molecule has 3 aromatic rings. The van der Waals surface area contributed by atoms with Crippen LogP contribution in [-0.2, 0) is 9.47 Å². The maximum absolute atomic E-state index is 6.21. The van der Waals surface area contributed by atoms with Crippen LogP contribution >= 0.6 is 24.8 Å². The van der Waals surface area contributed by atoms with Crippen molar-refractivity contribution in [3.05, 3.63) is 36.4 Å². The second-order valence-corrected chi connectivity index (χ2v) is 8.15. The van der Waals surface area contributed by atoms with Crippen LogP contribution in [0.3, 0.4) is 0 Å². The molecule has 3 heterocycles. The Kier molecular flexibility index (Phi) is 9.09. The van der Waals surface area contributed by atoms with E-state index >= 15 is 0 Å². The van der Waals surface area contributed by atoms with E-state index in [4.69, 9.17) is 23.4 Å². The minimum atomic E-state index is -0.00703. The van der Waals surface area contributed by atoms with E-state index in [9.17, 15) is 0 Å². The molecular formula is C24H32Cl2N2O5. The van der Waals surface area contributed by atoms with Gasteiger partial charge in [0.1, 0.15) is 35.1 Å². The van der Waals surface area contributed by atoms with Gasteiger partial charge in [-0.1, -0.05) is 0 Å². The molecule has 5 rings (SSSR count). The van der Waals surface area contributed by atoms with Gasteiger partial charge in [-0.25, -0.2) is 0 Å². The van der Waals surface area contributed by atoms with Gasteiger partial charge in [-0.2, -0.15) is 0 Å². The van der Waals surface area contributed by atoms with Crippen LogP contribution in [0.5, 0.6) is 11.5 Å². The maximum atomic E-state index is 6.21. The lowest BCUT2D eigenvalue weighted by atomic mass is 10.1. The Hall–Kier alpha value is -1.74. The summed E-state index contributed by atoms with van der Waals surface area (Å²) in [6.07, 6.45) is -0.00593. The van der Waals surface area contributed by atoms with Gasteiger partial charge in [-0.15, -0.1) is 24.8 Å². The molecule has 0 bridgehead atoms. The fraction of sp³-hybridized carbons (Fsp3) is 0.500. The normalized spacial score (nSPS) is 19.5. The molecule has 2 aromatic carbocycles. The Morgan fingerprint density at radius 2 is 1.18 bits per heavy atom. The van der Waals surface area contributed by atoms with E-state index in [1.54, 1.807) is 0 Å². The number of hydrogen-bond acceptors (Lipinski definition) is 7. The molecule has 2 atom stereocenters. The maximum Gasteiger partial charge on any atom is 0.149 e. The van der Waals surface area contributed by atoms with Gasteiger partial charge in [0.25, 0.3) is 0 Å². The predicted molar refractivity (Wildman–Crippen MR) is 133 cm³/mol. The van der Waals surface area contributed by atoms with Crippen molar-refractivity contribution < 1.29 is 23.4 Å². The summed E-state index contributed by atoms with van der Waals surface area (Å²) in [6.45, 7) is 10.7. The molecule has 0 aliphatic carbocycles. The van der Waals surface area contributed by atoms with Gasteiger partial charge in [0.15, 0.2) is 0 Å². The topological polar surface area (TPSA) is 56.5 Å². The summed E-state index contributed by atoms with van der Waals surface area (Å²) in [5.74, 6) is 1.65. The summed E-state index contributed by atoms with van der Waals surface area (Å²) in [4.78, 5) is 4.58. The van der Waals surface area contributed by atoms with E-state index in [0.29, 0.717) is 0 Å². The van der Waals surface area contributed by atoms with Crippen molar-refractivity contribution in [1.29, 1.82) is 0 Å². The Balaban J connectivity index is 0.00000153. The van der Waals surface area contributed by atoms with Crippen LogP contribution in [0.1, 0.15) is 13.8 Å². The monoisotopic (exact) mass is 498 g/mol. The summed E-state index contributed by atoms with van der Waals surface area (Å²) >= 11 is 0. The third-order valence-corrected chi connectivity index (χ3v) is 6.15. The number of benzene rings is 2. The molecule has 0 spiro atoms. The number of furan rings is 1. The van der Waals surface area contributed by atoms with Gasteiger partial charge < -0.3 is 23.4 Å². The van der Waals surface area contributed by atoms with Gasteiger partial charge >= 0.3 is 0 Å². The van der Waals surface area contributed by atoms with E-state index in [1.165, 1.54) is 0 Å². The van der Waals surface area contributed by atoms with Crippen LogP contribution in [0.2, 0.25) is 0 Å². The molecule has 0 N–H and O–H groups in total. The number of morpholine rings is 2. The van der Waals surface area contributed by atoms with Crippen LogP contribution in [-0.4, -0.2) is 74.9 Å². The van der Waals surface area contributed by atoms with E-state index in [1.807, 2.05) is 24.3 Å². The van der Waals surface area contributed by atoms with Gasteiger partial charge in [0, 0.05) is 43.0 Å². The Labute approximate surface area is 206 Å². The van der Waals surface area contributed by atoms with Gasteiger partial charge in [-0.05, 0) is 44.2 Å². The fourth-order valence-electron chi connectivity index (χ4n) is 4.31. The molecule has 33 heavy (non-hydrogen) atoms. The first-order valence-electron chi connectivity index (χ1n) is 11.1. The molecule has 2 saturated heterocycles. The lowest BCUT2D eigenvalue weighted by molar-refractivity contribution is -0.0373. The van der Waals surface area contributed by atoms with Crippen LogP contribution in [0, 0.1) is 0 Å². The largest absolute Gasteiger partial charge is 0.475 e. The van der Waals surface area contributed by atoms with Crippen molar-refractivity contribution in [2.45, 2.75) is 26.3 Å². The highest BCUT2D eigenvalue weighted by Gasteiger charge is 2.20. The highest BCUT2D eigenvalue weighted by Crippen LogP contribution is 2.34.